The van der Waals surface area contributed by atoms with E-state index in [1.54, 1.807) is 11.8 Å². The van der Waals surface area contributed by atoms with Gasteiger partial charge in [-0.05, 0) is 18.1 Å². The summed E-state index contributed by atoms with van der Waals surface area (Å²) in [5, 5.41) is 7.12. The summed E-state index contributed by atoms with van der Waals surface area (Å²) in [7, 11) is 0. The van der Waals surface area contributed by atoms with Crippen LogP contribution in [0.5, 0.6) is 0 Å². The Balaban J connectivity index is 1.44. The molecule has 1 amide bonds. The molecule has 1 N–H and O–H groups in total. The highest BCUT2D eigenvalue weighted by Crippen LogP contribution is 2.38. The number of aryl methyl sites for hydroxylation is 1. The van der Waals surface area contributed by atoms with Crippen molar-refractivity contribution < 1.29 is 9.53 Å². The van der Waals surface area contributed by atoms with Crippen LogP contribution in [0.3, 0.4) is 0 Å². The Kier molecular flexibility index (Phi) is 4.28. The first-order valence-corrected chi connectivity index (χ1v) is 9.18. The van der Waals surface area contributed by atoms with Gasteiger partial charge in [-0.15, -0.1) is 11.8 Å². The van der Waals surface area contributed by atoms with Crippen LogP contribution < -0.4 is 0 Å². The number of aromatic nitrogens is 3. The molecule has 2 atom stereocenters. The molecule has 1 saturated heterocycles. The van der Waals surface area contributed by atoms with Gasteiger partial charge >= 0.3 is 0 Å². The van der Waals surface area contributed by atoms with E-state index in [4.69, 9.17) is 4.74 Å². The molecule has 126 valence electrons. The van der Waals surface area contributed by atoms with Crippen LogP contribution in [0.15, 0.2) is 29.2 Å². The lowest BCUT2D eigenvalue weighted by Gasteiger charge is -2.33. The minimum atomic E-state index is -0.243. The van der Waals surface area contributed by atoms with Crippen LogP contribution in [0, 0.1) is 0 Å². The third-order valence-corrected chi connectivity index (χ3v) is 5.78. The summed E-state index contributed by atoms with van der Waals surface area (Å²) in [6, 6.07) is 8.26. The van der Waals surface area contributed by atoms with Gasteiger partial charge in [-0.25, -0.2) is 4.98 Å². The number of carbonyl (C=O) groups is 1. The van der Waals surface area contributed by atoms with Crippen LogP contribution in [-0.2, 0) is 22.4 Å². The van der Waals surface area contributed by atoms with Crippen molar-refractivity contribution in [3.05, 3.63) is 41.5 Å². The van der Waals surface area contributed by atoms with Gasteiger partial charge in [-0.1, -0.05) is 25.1 Å². The molecule has 7 heteroatoms. The summed E-state index contributed by atoms with van der Waals surface area (Å²) in [4.78, 5) is 20.5. The second kappa shape index (κ2) is 6.57. The molecular weight excluding hydrogens is 324 g/mol. The van der Waals surface area contributed by atoms with Crippen molar-refractivity contribution in [2.45, 2.75) is 36.0 Å². The lowest BCUT2D eigenvalue weighted by Crippen LogP contribution is -2.46. The highest BCUT2D eigenvalue weighted by atomic mass is 32.2. The van der Waals surface area contributed by atoms with Gasteiger partial charge in [0, 0.05) is 17.9 Å². The Morgan fingerprint density at radius 3 is 3.12 bits per heavy atom. The zero-order chi connectivity index (χ0) is 16.5. The minimum Gasteiger partial charge on any atom is -0.366 e. The van der Waals surface area contributed by atoms with E-state index in [0.717, 1.165) is 18.7 Å². The van der Waals surface area contributed by atoms with Crippen molar-refractivity contribution in [1.82, 2.24) is 20.1 Å². The summed E-state index contributed by atoms with van der Waals surface area (Å²) >= 11 is 1.67. The van der Waals surface area contributed by atoms with Gasteiger partial charge in [-0.3, -0.25) is 9.89 Å². The van der Waals surface area contributed by atoms with Crippen molar-refractivity contribution in [3.8, 4) is 0 Å². The van der Waals surface area contributed by atoms with Gasteiger partial charge in [0.1, 0.15) is 11.9 Å². The van der Waals surface area contributed by atoms with Crippen molar-refractivity contribution >= 4 is 17.7 Å². The van der Waals surface area contributed by atoms with Gasteiger partial charge in [0.15, 0.2) is 5.82 Å². The van der Waals surface area contributed by atoms with Crippen LogP contribution >= 0.6 is 11.8 Å². The number of amides is 1. The molecule has 2 aliphatic rings. The molecule has 2 aliphatic heterocycles. The number of hydrogen-bond donors (Lipinski definition) is 1. The van der Waals surface area contributed by atoms with Crippen LogP contribution in [0.4, 0.5) is 0 Å². The van der Waals surface area contributed by atoms with E-state index in [1.165, 1.54) is 10.5 Å². The summed E-state index contributed by atoms with van der Waals surface area (Å²) in [5.41, 5.74) is 1.27. The predicted molar refractivity (Wildman–Crippen MR) is 90.8 cm³/mol. The topological polar surface area (TPSA) is 71.1 Å². The number of hydrogen-bond acceptors (Lipinski definition) is 5. The Bertz CT molecular complexity index is 723. The fourth-order valence-corrected chi connectivity index (χ4v) is 4.42. The predicted octanol–water partition coefficient (Wildman–Crippen LogP) is 1.98. The maximum absolute atomic E-state index is 12.9. The number of thioether (sulfide) groups is 1. The highest BCUT2D eigenvalue weighted by Gasteiger charge is 2.35. The number of carbonyl (C=O) groups excluding carboxylic acids is 1. The monoisotopic (exact) mass is 344 g/mol. The van der Waals surface area contributed by atoms with Crippen LogP contribution in [0.2, 0.25) is 0 Å². The third-order valence-electron chi connectivity index (χ3n) is 4.47. The van der Waals surface area contributed by atoms with E-state index in [1.807, 2.05) is 24.0 Å². The Morgan fingerprint density at radius 1 is 1.46 bits per heavy atom. The van der Waals surface area contributed by atoms with E-state index in [-0.39, 0.29) is 17.3 Å². The Labute approximate surface area is 145 Å². The number of benzene rings is 1. The molecule has 3 heterocycles. The molecule has 0 bridgehead atoms. The molecule has 0 unspecified atom stereocenters. The first-order valence-electron chi connectivity index (χ1n) is 8.30. The zero-order valence-electron chi connectivity index (χ0n) is 13.6. The van der Waals surface area contributed by atoms with Gasteiger partial charge in [0.05, 0.1) is 18.4 Å². The summed E-state index contributed by atoms with van der Waals surface area (Å²) < 4.78 is 5.78. The average molecular weight is 344 g/mol. The fraction of sp³-hybridized carbons (Fsp3) is 0.471. The first-order chi connectivity index (χ1) is 11.7. The maximum atomic E-state index is 12.9. The van der Waals surface area contributed by atoms with Crippen molar-refractivity contribution in [2.24, 2.45) is 0 Å². The number of H-pyrrole nitrogens is 1. The molecule has 1 aromatic carbocycles. The molecule has 0 spiro atoms. The lowest BCUT2D eigenvalue weighted by atomic mass is 10.1. The minimum absolute atomic E-state index is 0.0282. The summed E-state index contributed by atoms with van der Waals surface area (Å²) in [6.45, 7) is 3.70. The maximum Gasteiger partial charge on any atom is 0.236 e. The van der Waals surface area contributed by atoms with Crippen molar-refractivity contribution in [2.75, 3.05) is 19.7 Å². The van der Waals surface area contributed by atoms with Crippen LogP contribution in [-0.4, -0.2) is 50.9 Å². The highest BCUT2D eigenvalue weighted by molar-refractivity contribution is 8.01. The van der Waals surface area contributed by atoms with Gasteiger partial charge in [0.2, 0.25) is 5.91 Å². The number of fused-ring (bicyclic) bond motifs is 1. The van der Waals surface area contributed by atoms with Crippen molar-refractivity contribution in [1.29, 1.82) is 0 Å². The summed E-state index contributed by atoms with van der Waals surface area (Å²) in [5.74, 6) is 1.68. The molecule has 2 aromatic rings. The number of rotatable bonds is 3. The quantitative estimate of drug-likeness (QED) is 0.922. The molecule has 4 rings (SSSR count). The number of aromatic amines is 1. The number of nitrogens with one attached hydrogen (secondary N) is 1. The molecule has 1 fully saturated rings. The van der Waals surface area contributed by atoms with Crippen LogP contribution in [0.1, 0.15) is 30.2 Å². The number of morpholine rings is 1. The number of ether oxygens (including phenoxy) is 1. The van der Waals surface area contributed by atoms with Gasteiger partial charge in [0.25, 0.3) is 0 Å². The number of nitrogens with zero attached hydrogens (tertiary/aromatic N) is 3. The molecule has 0 aliphatic carbocycles. The van der Waals surface area contributed by atoms with Gasteiger partial charge in [-0.2, -0.15) is 5.10 Å². The second-order valence-electron chi connectivity index (χ2n) is 6.06. The Morgan fingerprint density at radius 2 is 2.33 bits per heavy atom. The molecular formula is C17H20N4O2S. The van der Waals surface area contributed by atoms with E-state index < -0.39 is 0 Å². The zero-order valence-corrected chi connectivity index (χ0v) is 14.4. The molecule has 0 saturated carbocycles. The SMILES string of the molecule is CCc1nc([C@@H]2CN(C(=O)[C@@H]3Cc4ccccc4S3)CCO2)n[nH]1. The van der Waals surface area contributed by atoms with E-state index in [0.29, 0.717) is 25.5 Å². The lowest BCUT2D eigenvalue weighted by molar-refractivity contribution is -0.138. The fourth-order valence-electron chi connectivity index (χ4n) is 3.14. The Hall–Kier alpha value is -1.86. The largest absolute Gasteiger partial charge is 0.366 e. The van der Waals surface area contributed by atoms with E-state index in [9.17, 15) is 4.79 Å². The molecule has 1 aromatic heterocycles. The first kappa shape index (κ1) is 15.7. The molecule has 0 radical (unpaired) electrons. The smallest absolute Gasteiger partial charge is 0.236 e. The standard InChI is InChI=1S/C17H20N4O2S/c1-2-15-18-16(20-19-15)12-10-21(7-8-23-12)17(22)14-9-11-5-3-4-6-13(11)24-14/h3-6,12,14H,2,7-10H2,1H3,(H,18,19,20)/t12-,14-/m0/s1. The molecule has 6 nitrogen and oxygen atoms in total. The normalized spacial score (nSPS) is 23.3. The van der Waals surface area contributed by atoms with E-state index >= 15 is 0 Å². The van der Waals surface area contributed by atoms with Gasteiger partial charge < -0.3 is 9.64 Å². The average Bonchev–Trinajstić information content (AvgIpc) is 3.27. The molecule has 24 heavy (non-hydrogen) atoms. The second-order valence-corrected chi connectivity index (χ2v) is 7.30. The van der Waals surface area contributed by atoms with Crippen LogP contribution in [0.25, 0.3) is 0 Å². The third kappa shape index (κ3) is 2.93. The summed E-state index contributed by atoms with van der Waals surface area (Å²) in [6.07, 6.45) is 1.37. The van der Waals surface area contributed by atoms with Crippen molar-refractivity contribution in [3.63, 3.8) is 0 Å². The van der Waals surface area contributed by atoms with E-state index in [2.05, 4.69) is 27.3 Å².